The SMILES string of the molecule is COc1ccccc1SCC(O)COCc1ccco1. The van der Waals surface area contributed by atoms with Crippen LogP contribution in [-0.2, 0) is 11.3 Å². The molecule has 5 heteroatoms. The first-order valence-corrected chi connectivity index (χ1v) is 7.32. The van der Waals surface area contributed by atoms with Crippen LogP contribution in [0.1, 0.15) is 5.76 Å². The fourth-order valence-corrected chi connectivity index (χ4v) is 2.60. The molecule has 1 N–H and O–H groups in total. The Kier molecular flexibility index (Phi) is 5.98. The number of methoxy groups -OCH3 is 1. The molecule has 20 heavy (non-hydrogen) atoms. The van der Waals surface area contributed by atoms with E-state index in [4.69, 9.17) is 13.9 Å². The van der Waals surface area contributed by atoms with E-state index in [1.807, 2.05) is 36.4 Å². The number of aliphatic hydroxyl groups is 1. The van der Waals surface area contributed by atoms with Crippen LogP contribution in [0.2, 0.25) is 0 Å². The minimum absolute atomic E-state index is 0.281. The normalized spacial score (nSPS) is 12.3. The molecular formula is C15H18O4S. The van der Waals surface area contributed by atoms with Crippen molar-refractivity contribution in [3.05, 3.63) is 48.4 Å². The summed E-state index contributed by atoms with van der Waals surface area (Å²) in [5.74, 6) is 2.13. The Morgan fingerprint density at radius 1 is 1.25 bits per heavy atom. The second kappa shape index (κ2) is 7.99. The van der Waals surface area contributed by atoms with E-state index in [9.17, 15) is 5.11 Å². The van der Waals surface area contributed by atoms with E-state index in [0.29, 0.717) is 12.4 Å². The number of ether oxygens (including phenoxy) is 2. The Hall–Kier alpha value is -1.43. The van der Waals surface area contributed by atoms with Crippen molar-refractivity contribution in [3.8, 4) is 5.75 Å². The summed E-state index contributed by atoms with van der Waals surface area (Å²) < 4.78 is 15.8. The van der Waals surface area contributed by atoms with Crippen LogP contribution in [0.5, 0.6) is 5.75 Å². The van der Waals surface area contributed by atoms with Gasteiger partial charge in [-0.2, -0.15) is 0 Å². The predicted octanol–water partition coefficient (Wildman–Crippen LogP) is 2.96. The molecule has 0 radical (unpaired) electrons. The highest BCUT2D eigenvalue weighted by Gasteiger charge is 2.08. The van der Waals surface area contributed by atoms with E-state index in [0.717, 1.165) is 16.4 Å². The highest BCUT2D eigenvalue weighted by molar-refractivity contribution is 7.99. The smallest absolute Gasteiger partial charge is 0.132 e. The van der Waals surface area contributed by atoms with Gasteiger partial charge in [0.15, 0.2) is 0 Å². The molecule has 1 heterocycles. The molecule has 2 aromatic rings. The number of rotatable bonds is 8. The number of thioether (sulfide) groups is 1. The molecule has 1 unspecified atom stereocenters. The van der Waals surface area contributed by atoms with E-state index >= 15 is 0 Å². The summed E-state index contributed by atoms with van der Waals surface area (Å²) in [5, 5.41) is 9.89. The maximum atomic E-state index is 9.89. The maximum Gasteiger partial charge on any atom is 0.132 e. The standard InChI is InChI=1S/C15H18O4S/c1-17-14-6-2-3-7-15(14)20-11-12(16)9-18-10-13-5-4-8-19-13/h2-8,12,16H,9-11H2,1H3. The second-order valence-corrected chi connectivity index (χ2v) is 5.27. The zero-order chi connectivity index (χ0) is 14.2. The molecule has 108 valence electrons. The van der Waals surface area contributed by atoms with Crippen molar-refractivity contribution in [1.29, 1.82) is 0 Å². The molecule has 1 aromatic heterocycles. The van der Waals surface area contributed by atoms with Crippen LogP contribution in [0, 0.1) is 0 Å². The number of hydrogen-bond acceptors (Lipinski definition) is 5. The average molecular weight is 294 g/mol. The summed E-state index contributed by atoms with van der Waals surface area (Å²) in [6.07, 6.45) is 1.08. The molecule has 0 saturated carbocycles. The predicted molar refractivity (Wildman–Crippen MR) is 78.1 cm³/mol. The Bertz CT molecular complexity index is 498. The molecule has 0 amide bonds. The molecule has 0 aliphatic rings. The van der Waals surface area contributed by atoms with Gasteiger partial charge in [0.2, 0.25) is 0 Å². The monoisotopic (exact) mass is 294 g/mol. The first kappa shape index (κ1) is 15.0. The average Bonchev–Trinajstić information content (AvgIpc) is 2.98. The van der Waals surface area contributed by atoms with Gasteiger partial charge in [-0.15, -0.1) is 11.8 Å². The molecule has 0 bridgehead atoms. The summed E-state index contributed by atoms with van der Waals surface area (Å²) in [6, 6.07) is 11.4. The van der Waals surface area contributed by atoms with Gasteiger partial charge >= 0.3 is 0 Å². The molecule has 4 nitrogen and oxygen atoms in total. The van der Waals surface area contributed by atoms with Crippen LogP contribution in [0.25, 0.3) is 0 Å². The third-order valence-electron chi connectivity index (χ3n) is 2.63. The summed E-state index contributed by atoms with van der Waals surface area (Å²) >= 11 is 1.55. The van der Waals surface area contributed by atoms with Gasteiger partial charge in [0.1, 0.15) is 18.1 Å². The largest absolute Gasteiger partial charge is 0.496 e. The van der Waals surface area contributed by atoms with Crippen LogP contribution in [0.3, 0.4) is 0 Å². The second-order valence-electron chi connectivity index (χ2n) is 4.21. The molecule has 0 aliphatic heterocycles. The molecule has 0 fully saturated rings. The van der Waals surface area contributed by atoms with Gasteiger partial charge in [-0.05, 0) is 24.3 Å². The van der Waals surface area contributed by atoms with Gasteiger partial charge in [0.05, 0.1) is 26.1 Å². The molecule has 1 atom stereocenters. The van der Waals surface area contributed by atoms with Gasteiger partial charge < -0.3 is 19.0 Å². The number of hydrogen-bond donors (Lipinski definition) is 1. The minimum Gasteiger partial charge on any atom is -0.496 e. The number of benzene rings is 1. The third-order valence-corrected chi connectivity index (χ3v) is 3.83. The van der Waals surface area contributed by atoms with Crippen molar-refractivity contribution in [3.63, 3.8) is 0 Å². The van der Waals surface area contributed by atoms with E-state index in [1.165, 1.54) is 0 Å². The van der Waals surface area contributed by atoms with E-state index in [-0.39, 0.29) is 6.61 Å². The highest BCUT2D eigenvalue weighted by Crippen LogP contribution is 2.29. The fourth-order valence-electron chi connectivity index (χ4n) is 1.66. The molecule has 0 saturated heterocycles. The van der Waals surface area contributed by atoms with Gasteiger partial charge in [-0.25, -0.2) is 0 Å². The lowest BCUT2D eigenvalue weighted by atomic mass is 10.3. The van der Waals surface area contributed by atoms with Crippen molar-refractivity contribution in [1.82, 2.24) is 0 Å². The first-order chi connectivity index (χ1) is 9.79. The van der Waals surface area contributed by atoms with Crippen molar-refractivity contribution < 1.29 is 19.0 Å². The van der Waals surface area contributed by atoms with Crippen molar-refractivity contribution >= 4 is 11.8 Å². The van der Waals surface area contributed by atoms with Crippen LogP contribution >= 0.6 is 11.8 Å². The number of furan rings is 1. The van der Waals surface area contributed by atoms with Crippen LogP contribution in [0.4, 0.5) is 0 Å². The number of para-hydroxylation sites is 1. The third kappa shape index (κ3) is 4.59. The van der Waals surface area contributed by atoms with Gasteiger partial charge in [-0.1, -0.05) is 12.1 Å². The molecular weight excluding hydrogens is 276 g/mol. The quantitative estimate of drug-likeness (QED) is 0.759. The Balaban J connectivity index is 1.70. The van der Waals surface area contributed by atoms with E-state index in [1.54, 1.807) is 25.1 Å². The first-order valence-electron chi connectivity index (χ1n) is 6.33. The molecule has 1 aromatic carbocycles. The van der Waals surface area contributed by atoms with Crippen molar-refractivity contribution in [2.75, 3.05) is 19.5 Å². The fraction of sp³-hybridized carbons (Fsp3) is 0.333. The van der Waals surface area contributed by atoms with E-state index < -0.39 is 6.10 Å². The zero-order valence-electron chi connectivity index (χ0n) is 11.3. The summed E-state index contributed by atoms with van der Waals surface area (Å²) in [7, 11) is 1.64. The maximum absolute atomic E-state index is 9.89. The summed E-state index contributed by atoms with van der Waals surface area (Å²) in [5.41, 5.74) is 0. The van der Waals surface area contributed by atoms with E-state index in [2.05, 4.69) is 0 Å². The van der Waals surface area contributed by atoms with Gasteiger partial charge in [0.25, 0.3) is 0 Å². The van der Waals surface area contributed by atoms with Crippen LogP contribution in [0.15, 0.2) is 52.0 Å². The lowest BCUT2D eigenvalue weighted by Crippen LogP contribution is -2.17. The van der Waals surface area contributed by atoms with Crippen molar-refractivity contribution in [2.45, 2.75) is 17.6 Å². The summed E-state index contributed by atoms with van der Waals surface area (Å²) in [4.78, 5) is 1.01. The number of aliphatic hydroxyl groups excluding tert-OH is 1. The lowest BCUT2D eigenvalue weighted by Gasteiger charge is -2.12. The molecule has 2 rings (SSSR count). The topological polar surface area (TPSA) is 51.8 Å². The Morgan fingerprint density at radius 2 is 2.10 bits per heavy atom. The lowest BCUT2D eigenvalue weighted by molar-refractivity contribution is 0.0328. The zero-order valence-corrected chi connectivity index (χ0v) is 12.1. The highest BCUT2D eigenvalue weighted by atomic mass is 32.2. The molecule has 0 aliphatic carbocycles. The molecule has 0 spiro atoms. The summed E-state index contributed by atoms with van der Waals surface area (Å²) in [6.45, 7) is 0.659. The minimum atomic E-state index is -0.528. The van der Waals surface area contributed by atoms with Crippen LogP contribution in [-0.4, -0.2) is 30.7 Å². The Labute approximate surface area is 122 Å². The van der Waals surface area contributed by atoms with Gasteiger partial charge in [-0.3, -0.25) is 0 Å². The Morgan fingerprint density at radius 3 is 2.85 bits per heavy atom. The van der Waals surface area contributed by atoms with Crippen molar-refractivity contribution in [2.24, 2.45) is 0 Å². The van der Waals surface area contributed by atoms with Crippen LogP contribution < -0.4 is 4.74 Å². The van der Waals surface area contributed by atoms with Gasteiger partial charge in [0, 0.05) is 10.6 Å².